The largest absolute Gasteiger partial charge is 0.340 e. The number of hydrogen-bond acceptors (Lipinski definition) is 6. The molecule has 0 saturated carbocycles. The predicted octanol–water partition coefficient (Wildman–Crippen LogP) is 3.70. The minimum atomic E-state index is 0.175. The first-order valence-corrected chi connectivity index (χ1v) is 12.1. The molecule has 0 spiro atoms. The lowest BCUT2D eigenvalue weighted by atomic mass is 10.1. The van der Waals surface area contributed by atoms with E-state index in [1.807, 2.05) is 53.4 Å². The van der Waals surface area contributed by atoms with E-state index in [-0.39, 0.29) is 5.91 Å². The number of carbonyl (C=O) groups excluding carboxylic acids is 2. The molecule has 2 N–H and O–H groups in total. The molecule has 1 aliphatic heterocycles. The molecule has 2 amide bonds. The number of amides is 2. The number of aryl methyl sites for hydroxylation is 1. The molecule has 9 heteroatoms. The average molecular weight is 484 g/mol. The molecule has 0 atom stereocenters. The maximum absolute atomic E-state index is 12.7. The van der Waals surface area contributed by atoms with Gasteiger partial charge in [-0.05, 0) is 61.5 Å². The van der Waals surface area contributed by atoms with Crippen LogP contribution in [-0.2, 0) is 16.0 Å². The van der Waals surface area contributed by atoms with Crippen LogP contribution in [-0.4, -0.2) is 70.5 Å². The van der Waals surface area contributed by atoms with Gasteiger partial charge in [-0.3, -0.25) is 19.6 Å². The Morgan fingerprint density at radius 1 is 1.11 bits per heavy atom. The summed E-state index contributed by atoms with van der Waals surface area (Å²) in [6.07, 6.45) is 5.31. The number of aromatic amines is 1. The van der Waals surface area contributed by atoms with E-state index in [0.29, 0.717) is 24.3 Å². The van der Waals surface area contributed by atoms with Crippen LogP contribution in [0.1, 0.15) is 12.0 Å². The Kier molecular flexibility index (Phi) is 6.90. The van der Waals surface area contributed by atoms with Crippen molar-refractivity contribution in [3.8, 4) is 0 Å². The van der Waals surface area contributed by atoms with Gasteiger partial charge in [-0.1, -0.05) is 12.1 Å². The van der Waals surface area contributed by atoms with Crippen LogP contribution in [0, 0.1) is 0 Å². The highest BCUT2D eigenvalue weighted by Crippen LogP contribution is 2.32. The summed E-state index contributed by atoms with van der Waals surface area (Å²) >= 11 is 0. The maximum atomic E-state index is 12.7. The maximum Gasteiger partial charge on any atom is 0.222 e. The van der Waals surface area contributed by atoms with Crippen LogP contribution < -0.4 is 10.2 Å². The van der Waals surface area contributed by atoms with Crippen LogP contribution in [0.15, 0.2) is 67.0 Å². The number of piperazine rings is 1. The number of benzene rings is 2. The summed E-state index contributed by atoms with van der Waals surface area (Å²) in [5.74, 6) is 0.729. The molecular formula is C27H29N7O2. The Labute approximate surface area is 209 Å². The Morgan fingerprint density at radius 2 is 1.97 bits per heavy atom. The van der Waals surface area contributed by atoms with Crippen molar-refractivity contribution in [3.63, 3.8) is 0 Å². The number of rotatable bonds is 8. The van der Waals surface area contributed by atoms with Crippen molar-refractivity contribution in [2.75, 3.05) is 43.4 Å². The van der Waals surface area contributed by atoms with Gasteiger partial charge in [0.25, 0.3) is 0 Å². The second-order valence-electron chi connectivity index (χ2n) is 9.00. The molecule has 0 radical (unpaired) electrons. The molecule has 9 nitrogen and oxygen atoms in total. The SMILES string of the molecule is CN1CCN(C(=O)CCc2cccc(N(C=O)c3cccnc3Nc3ccc4cn[nH]c4c3)c2)CC1. The lowest BCUT2D eigenvalue weighted by Gasteiger charge is -2.32. The summed E-state index contributed by atoms with van der Waals surface area (Å²) in [6, 6.07) is 17.3. The number of carbonyl (C=O) groups is 2. The van der Waals surface area contributed by atoms with Crippen molar-refractivity contribution in [1.29, 1.82) is 0 Å². The van der Waals surface area contributed by atoms with Gasteiger partial charge in [0.05, 0.1) is 17.4 Å². The molecular weight excluding hydrogens is 454 g/mol. The minimum Gasteiger partial charge on any atom is -0.340 e. The van der Waals surface area contributed by atoms with Crippen LogP contribution >= 0.6 is 0 Å². The van der Waals surface area contributed by atoms with Gasteiger partial charge in [0.15, 0.2) is 5.82 Å². The third-order valence-electron chi connectivity index (χ3n) is 6.53. The average Bonchev–Trinajstić information content (AvgIpc) is 3.37. The fraction of sp³-hybridized carbons (Fsp3) is 0.259. The zero-order chi connectivity index (χ0) is 24.9. The van der Waals surface area contributed by atoms with Crippen molar-refractivity contribution in [3.05, 3.63) is 72.6 Å². The zero-order valence-corrected chi connectivity index (χ0v) is 20.2. The Balaban J connectivity index is 1.32. The van der Waals surface area contributed by atoms with Gasteiger partial charge >= 0.3 is 0 Å². The smallest absolute Gasteiger partial charge is 0.222 e. The third kappa shape index (κ3) is 5.21. The highest BCUT2D eigenvalue weighted by molar-refractivity contribution is 5.92. The van der Waals surface area contributed by atoms with Crippen molar-refractivity contribution < 1.29 is 9.59 Å². The molecule has 1 aliphatic rings. The highest BCUT2D eigenvalue weighted by atomic mass is 16.2. The second-order valence-corrected chi connectivity index (χ2v) is 9.00. The Morgan fingerprint density at radius 3 is 2.81 bits per heavy atom. The zero-order valence-electron chi connectivity index (χ0n) is 20.2. The monoisotopic (exact) mass is 483 g/mol. The third-order valence-corrected chi connectivity index (χ3v) is 6.53. The standard InChI is InChI=1S/C27H29N7O2/c1-32-12-14-33(15-13-32)26(36)10-7-20-4-2-5-23(16-20)34(19-35)25-6-3-11-28-27(25)30-22-9-8-21-18-29-31-24(21)17-22/h2-6,8-9,11,16-19H,7,10,12-15H2,1H3,(H,28,30)(H,29,31). The van der Waals surface area contributed by atoms with Crippen LogP contribution in [0.2, 0.25) is 0 Å². The number of nitrogens with zero attached hydrogens (tertiary/aromatic N) is 5. The molecule has 5 rings (SSSR count). The lowest BCUT2D eigenvalue weighted by Crippen LogP contribution is -2.47. The fourth-order valence-corrected chi connectivity index (χ4v) is 4.42. The number of pyridine rings is 1. The summed E-state index contributed by atoms with van der Waals surface area (Å²) in [5, 5.41) is 11.4. The summed E-state index contributed by atoms with van der Waals surface area (Å²) < 4.78 is 0. The number of anilines is 4. The molecule has 36 heavy (non-hydrogen) atoms. The van der Waals surface area contributed by atoms with E-state index in [4.69, 9.17) is 0 Å². The van der Waals surface area contributed by atoms with E-state index < -0.39 is 0 Å². The lowest BCUT2D eigenvalue weighted by molar-refractivity contribution is -0.132. The van der Waals surface area contributed by atoms with Gasteiger partial charge in [0.2, 0.25) is 12.3 Å². The molecule has 0 unspecified atom stereocenters. The van der Waals surface area contributed by atoms with Gasteiger partial charge in [0, 0.05) is 55.6 Å². The summed E-state index contributed by atoms with van der Waals surface area (Å²) in [6.45, 7) is 3.37. The van der Waals surface area contributed by atoms with Crippen molar-refractivity contribution in [2.24, 2.45) is 0 Å². The quantitative estimate of drug-likeness (QED) is 0.371. The van der Waals surface area contributed by atoms with Gasteiger partial charge in [-0.2, -0.15) is 5.10 Å². The van der Waals surface area contributed by atoms with Gasteiger partial charge < -0.3 is 15.1 Å². The molecule has 0 aliphatic carbocycles. The van der Waals surface area contributed by atoms with E-state index in [9.17, 15) is 9.59 Å². The molecule has 1 fully saturated rings. The summed E-state index contributed by atoms with van der Waals surface area (Å²) in [4.78, 5) is 35.2. The normalized spacial score (nSPS) is 14.1. The predicted molar refractivity (Wildman–Crippen MR) is 141 cm³/mol. The highest BCUT2D eigenvalue weighted by Gasteiger charge is 2.19. The number of aromatic nitrogens is 3. The number of nitrogens with one attached hydrogen (secondary N) is 2. The molecule has 0 bridgehead atoms. The van der Waals surface area contributed by atoms with Gasteiger partial charge in [-0.15, -0.1) is 0 Å². The second kappa shape index (κ2) is 10.6. The molecule has 3 heterocycles. The molecule has 4 aromatic rings. The van der Waals surface area contributed by atoms with Crippen molar-refractivity contribution in [1.82, 2.24) is 25.0 Å². The summed E-state index contributed by atoms with van der Waals surface area (Å²) in [5.41, 5.74) is 4.08. The number of H-pyrrole nitrogens is 1. The van der Waals surface area contributed by atoms with E-state index in [1.165, 1.54) is 0 Å². The Bertz CT molecular complexity index is 1360. The molecule has 1 saturated heterocycles. The van der Waals surface area contributed by atoms with Crippen LogP contribution in [0.3, 0.4) is 0 Å². The van der Waals surface area contributed by atoms with Crippen molar-refractivity contribution in [2.45, 2.75) is 12.8 Å². The van der Waals surface area contributed by atoms with Crippen LogP contribution in [0.25, 0.3) is 10.9 Å². The fourth-order valence-electron chi connectivity index (χ4n) is 4.42. The number of fused-ring (bicyclic) bond motifs is 1. The molecule has 2 aromatic carbocycles. The van der Waals surface area contributed by atoms with Gasteiger partial charge in [-0.25, -0.2) is 4.98 Å². The van der Waals surface area contributed by atoms with E-state index in [2.05, 4.69) is 32.4 Å². The van der Waals surface area contributed by atoms with Crippen LogP contribution in [0.5, 0.6) is 0 Å². The number of hydrogen-bond donors (Lipinski definition) is 2. The first kappa shape index (κ1) is 23.5. The first-order valence-electron chi connectivity index (χ1n) is 12.1. The van der Waals surface area contributed by atoms with Crippen molar-refractivity contribution >= 4 is 46.1 Å². The topological polar surface area (TPSA) is 97.5 Å². The van der Waals surface area contributed by atoms with E-state index in [1.54, 1.807) is 23.4 Å². The van der Waals surface area contributed by atoms with Gasteiger partial charge in [0.1, 0.15) is 0 Å². The van der Waals surface area contributed by atoms with Crippen LogP contribution in [0.4, 0.5) is 22.9 Å². The van der Waals surface area contributed by atoms with E-state index in [0.717, 1.165) is 60.4 Å². The number of likely N-dealkylation sites (N-methyl/N-ethyl adjacent to an activating group) is 1. The molecule has 2 aromatic heterocycles. The molecule has 184 valence electrons. The van der Waals surface area contributed by atoms with E-state index >= 15 is 0 Å². The first-order chi connectivity index (χ1) is 17.6. The minimum absolute atomic E-state index is 0.175. The Hall–Kier alpha value is -4.24. The summed E-state index contributed by atoms with van der Waals surface area (Å²) in [7, 11) is 2.08.